The number of ether oxygens (including phenoxy) is 3. The van der Waals surface area contributed by atoms with Gasteiger partial charge >= 0.3 is 17.1 Å². The number of anilines is 3. The van der Waals surface area contributed by atoms with Gasteiger partial charge in [-0.2, -0.15) is 40.2 Å². The van der Waals surface area contributed by atoms with Crippen LogP contribution in [0.5, 0.6) is 0 Å². The zero-order valence-corrected chi connectivity index (χ0v) is 57.4. The van der Waals surface area contributed by atoms with Gasteiger partial charge in [0.15, 0.2) is 0 Å². The number of hydrogen-bond acceptors (Lipinski definition) is 28. The number of carbonyl (C=O) groups excluding carboxylic acids is 8. The third kappa shape index (κ3) is 24.4. The van der Waals surface area contributed by atoms with Crippen molar-refractivity contribution in [3.8, 4) is 0 Å². The number of alkyl halides is 6. The number of aromatic nitrogens is 6. The predicted octanol–water partition coefficient (Wildman–Crippen LogP) is -5.84. The van der Waals surface area contributed by atoms with Gasteiger partial charge in [-0.15, -0.1) is 0 Å². The van der Waals surface area contributed by atoms with E-state index in [-0.39, 0.29) is 50.8 Å². The summed E-state index contributed by atoms with van der Waals surface area (Å²) in [6.45, 7) is -4.17. The summed E-state index contributed by atoms with van der Waals surface area (Å²) in [5.74, 6) is -21.2. The smallest absolute Gasteiger partial charge is 0.351 e. The maximum atomic E-state index is 14.8. The number of aliphatic hydroxyl groups is 6. The highest BCUT2D eigenvalue weighted by Gasteiger charge is 2.54. The van der Waals surface area contributed by atoms with Crippen LogP contribution in [-0.4, -0.2) is 298 Å². The molecule has 103 heavy (non-hydrogen) atoms. The first-order valence-electron chi connectivity index (χ1n) is 32.0. The van der Waals surface area contributed by atoms with Crippen molar-refractivity contribution in [2.75, 3.05) is 126 Å². The standard InChI is InChI=1S/C58H83F6N17O20S2/c1-30(85)36(47(93)68-37-4-9-79(53(96)71-37)50-56(59,60)18-33(27-82)99-50)21-67-42(90)22-76(12-14-77(23-40(88)65-7-16-102)25-43(91)74-45(31(2)86)48(94)69-38-5-10-80(54(97)72-38)51-57(61,62)19-34(28-83)100-51)13-15-78(24-41(89)66-8-17-103)26-44(92)75-46(32(3)87)49(95)70-39-6-11-81(55(98)73-39)52-58(63,64)20-35(29-84)101-52/h4-6,9-11,30-36,45-46,50-52,82-87,102-103H,7-8,12-29H2,1-3H3,(H,65,88)(H,66,89)(H,67,90)(H,74,91)(H,75,92)(H,68,71,93,96)(H,69,72,94,97)(H,70,73,95,98)/t30-,31-,32-,33-,34-,35-,36+,45+,46+,50+,51+,52+/m0/s1. The van der Waals surface area contributed by atoms with E-state index in [0.29, 0.717) is 13.7 Å². The quantitative estimate of drug-likeness (QED) is 0.0187. The van der Waals surface area contributed by atoms with Gasteiger partial charge in [-0.05, 0) is 39.0 Å². The Morgan fingerprint density at radius 2 is 0.796 bits per heavy atom. The van der Waals surface area contributed by atoms with Gasteiger partial charge in [0.1, 0.15) is 29.5 Å². The molecule has 14 N–H and O–H groups in total. The molecule has 3 saturated heterocycles. The molecule has 6 rings (SSSR count). The Bertz CT molecular complexity index is 3460. The molecule has 0 spiro atoms. The number of aliphatic hydroxyl groups excluding tert-OH is 6. The summed E-state index contributed by atoms with van der Waals surface area (Å²) in [6.07, 6.45) is -15.5. The normalized spacial score (nSPS) is 21.4. The maximum Gasteiger partial charge on any atom is 0.351 e. The van der Waals surface area contributed by atoms with Crippen molar-refractivity contribution < 1.29 is 110 Å². The van der Waals surface area contributed by atoms with Crippen LogP contribution in [0.2, 0.25) is 0 Å². The SMILES string of the molecule is C[C@H](O)[C@@H](CNC(=O)CN(CCN(CC(=O)NCCS)CC(=O)N[C@@H](C(=O)Nc1ccn([C@@H]2O[C@H](CO)CC2(F)F)c(=O)n1)[C@H](C)O)CCN(CC(=O)NCCS)CC(=O)N[C@@H](C(=O)Nc1ccn([C@@H]2O[C@H](CO)CC2(F)F)c(=O)n1)[C@H](C)O)C(=O)Nc1ccn([C@@H]2O[C@H](CO)CC2(F)F)c(=O)n1. The molecule has 0 aliphatic carbocycles. The summed E-state index contributed by atoms with van der Waals surface area (Å²) < 4.78 is 105. The molecule has 0 saturated carbocycles. The first-order valence-corrected chi connectivity index (χ1v) is 33.2. The number of rotatable bonds is 39. The van der Waals surface area contributed by atoms with E-state index in [2.05, 4.69) is 82.7 Å². The van der Waals surface area contributed by atoms with Gasteiger partial charge < -0.3 is 87.4 Å². The summed E-state index contributed by atoms with van der Waals surface area (Å²) in [7, 11) is 0. The zero-order chi connectivity index (χ0) is 76.3. The van der Waals surface area contributed by atoms with Crippen LogP contribution in [0.4, 0.5) is 43.8 Å². The lowest BCUT2D eigenvalue weighted by Gasteiger charge is -2.30. The number of halogens is 6. The predicted molar refractivity (Wildman–Crippen MR) is 352 cm³/mol. The third-order valence-electron chi connectivity index (χ3n) is 15.9. The highest BCUT2D eigenvalue weighted by molar-refractivity contribution is 7.80. The molecular weight excluding hydrogens is 1430 g/mol. The van der Waals surface area contributed by atoms with E-state index < -0.39 is 251 Å². The van der Waals surface area contributed by atoms with E-state index in [4.69, 9.17) is 14.2 Å². The number of nitrogens with one attached hydrogen (secondary N) is 8. The van der Waals surface area contributed by atoms with Crippen LogP contribution in [0.3, 0.4) is 0 Å². The molecule has 0 bridgehead atoms. The van der Waals surface area contributed by atoms with Gasteiger partial charge in [0, 0.05) is 95.2 Å². The van der Waals surface area contributed by atoms with E-state index in [0.717, 1.165) is 50.6 Å². The lowest BCUT2D eigenvalue weighted by Crippen LogP contribution is -2.54. The molecule has 12 atom stereocenters. The fourth-order valence-electron chi connectivity index (χ4n) is 10.7. The molecule has 3 aromatic heterocycles. The Kier molecular flexibility index (Phi) is 31.3. The minimum absolute atomic E-state index is 0.0310. The molecule has 3 aliphatic rings. The Labute approximate surface area is 592 Å². The van der Waals surface area contributed by atoms with Crippen LogP contribution >= 0.6 is 25.3 Å². The molecule has 45 heteroatoms. The Morgan fingerprint density at radius 3 is 1.09 bits per heavy atom. The van der Waals surface area contributed by atoms with E-state index in [9.17, 15) is 110 Å². The van der Waals surface area contributed by atoms with Crippen LogP contribution in [0.25, 0.3) is 0 Å². The topological polar surface area (TPSA) is 496 Å². The number of thiol groups is 2. The minimum atomic E-state index is -3.61. The third-order valence-corrected chi connectivity index (χ3v) is 16.4. The van der Waals surface area contributed by atoms with Gasteiger partial charge in [0.2, 0.25) is 54.1 Å². The molecule has 3 aromatic rings. The molecule has 0 unspecified atom stereocenters. The van der Waals surface area contributed by atoms with Crippen molar-refractivity contribution in [3.63, 3.8) is 0 Å². The zero-order valence-electron chi connectivity index (χ0n) is 55.6. The van der Waals surface area contributed by atoms with Crippen LogP contribution in [0.15, 0.2) is 51.2 Å². The Balaban J connectivity index is 1.22. The highest BCUT2D eigenvalue weighted by Crippen LogP contribution is 2.44. The number of amides is 8. The van der Waals surface area contributed by atoms with Crippen LogP contribution in [0, 0.1) is 5.92 Å². The maximum absolute atomic E-state index is 14.8. The molecule has 3 aliphatic heterocycles. The van der Waals surface area contributed by atoms with Gasteiger partial charge in [-0.1, -0.05) is 0 Å². The average molecular weight is 1520 g/mol. The van der Waals surface area contributed by atoms with Gasteiger partial charge in [-0.3, -0.25) is 66.8 Å². The highest BCUT2D eigenvalue weighted by atomic mass is 32.1. The van der Waals surface area contributed by atoms with Gasteiger partial charge in [0.05, 0.1) is 95.1 Å². The lowest BCUT2D eigenvalue weighted by molar-refractivity contribution is -0.130. The minimum Gasteiger partial charge on any atom is -0.394 e. The summed E-state index contributed by atoms with van der Waals surface area (Å²) in [6, 6.07) is -0.789. The van der Waals surface area contributed by atoms with Crippen LogP contribution in [-0.2, 0) is 52.6 Å². The van der Waals surface area contributed by atoms with Gasteiger partial charge in [0.25, 0.3) is 29.6 Å². The van der Waals surface area contributed by atoms with Crippen molar-refractivity contribution in [2.24, 2.45) is 5.92 Å². The molecule has 0 radical (unpaired) electrons. The molecule has 6 heterocycles. The first-order chi connectivity index (χ1) is 48.5. The molecule has 8 amide bonds. The van der Waals surface area contributed by atoms with E-state index in [1.807, 2.05) is 0 Å². The second kappa shape index (κ2) is 38.3. The molecule has 0 aromatic carbocycles. The van der Waals surface area contributed by atoms with Crippen molar-refractivity contribution >= 4 is 90.0 Å². The van der Waals surface area contributed by atoms with E-state index in [1.54, 1.807) is 0 Å². The van der Waals surface area contributed by atoms with Crippen LogP contribution in [0.1, 0.15) is 58.7 Å². The molecule has 37 nitrogen and oxygen atoms in total. The Morgan fingerprint density at radius 1 is 0.495 bits per heavy atom. The first kappa shape index (κ1) is 84.1. The fraction of sp³-hybridized carbons (Fsp3) is 0.655. The summed E-state index contributed by atoms with van der Waals surface area (Å²) in [5, 5.41) is 79.3. The van der Waals surface area contributed by atoms with Crippen LogP contribution < -0.4 is 59.6 Å². The second-order valence-corrected chi connectivity index (χ2v) is 25.2. The van der Waals surface area contributed by atoms with E-state index in [1.165, 1.54) is 21.6 Å². The summed E-state index contributed by atoms with van der Waals surface area (Å²) >= 11 is 8.21. The number of hydrogen-bond donors (Lipinski definition) is 16. The van der Waals surface area contributed by atoms with Crippen molar-refractivity contribution in [3.05, 3.63) is 68.2 Å². The monoisotopic (exact) mass is 1520 g/mol. The van der Waals surface area contributed by atoms with E-state index >= 15 is 0 Å². The summed E-state index contributed by atoms with van der Waals surface area (Å²) in [4.78, 5) is 163. The second-order valence-electron chi connectivity index (χ2n) is 24.3. The largest absolute Gasteiger partial charge is 0.394 e. The lowest BCUT2D eigenvalue weighted by atomic mass is 10.0. The van der Waals surface area contributed by atoms with Crippen molar-refractivity contribution in [2.45, 2.75) is 125 Å². The average Bonchev–Trinajstić information content (AvgIpc) is 1.68. The molecular formula is C58H83F6N17O20S2. The fourth-order valence-corrected chi connectivity index (χ4v) is 11.0. The Hall–Kier alpha value is -7.80. The van der Waals surface area contributed by atoms with Gasteiger partial charge in [-0.25, -0.2) is 40.7 Å². The van der Waals surface area contributed by atoms with Crippen molar-refractivity contribution in [1.82, 2.24) is 69.9 Å². The number of carbonyl (C=O) groups is 8. The molecule has 574 valence electrons. The number of nitrogens with zero attached hydrogens (tertiary/aromatic N) is 9. The van der Waals surface area contributed by atoms with Crippen molar-refractivity contribution in [1.29, 1.82) is 0 Å². The summed E-state index contributed by atoms with van der Waals surface area (Å²) in [5.41, 5.74) is -3.93. The molecule has 3 fully saturated rings.